The molecule has 1 fully saturated rings. The van der Waals surface area contributed by atoms with E-state index in [0.717, 1.165) is 24.0 Å². The second kappa shape index (κ2) is 20.2. The maximum atomic E-state index is 14.5. The predicted octanol–water partition coefficient (Wildman–Crippen LogP) is 5.88. The Hall–Kier alpha value is -4.25. The van der Waals surface area contributed by atoms with Gasteiger partial charge in [0.25, 0.3) is 0 Å². The molecule has 2 aromatic rings. The molecular weight excluding hydrogens is 612 g/mol. The van der Waals surface area contributed by atoms with E-state index in [9.17, 15) is 24.0 Å². The van der Waals surface area contributed by atoms with Gasteiger partial charge in [0.2, 0.25) is 17.7 Å². The molecule has 4 atom stereocenters. The third-order valence-corrected chi connectivity index (χ3v) is 8.76. The summed E-state index contributed by atoms with van der Waals surface area (Å²) in [4.78, 5) is 73.4. The summed E-state index contributed by atoms with van der Waals surface area (Å²) in [6.45, 7) is 7.93. The lowest BCUT2D eigenvalue weighted by atomic mass is 9.92. The summed E-state index contributed by atoms with van der Waals surface area (Å²) in [7, 11) is 0. The van der Waals surface area contributed by atoms with Crippen LogP contribution in [0.4, 0.5) is 4.79 Å². The van der Waals surface area contributed by atoms with Crippen molar-refractivity contribution in [3.05, 3.63) is 71.8 Å². The summed E-state index contributed by atoms with van der Waals surface area (Å²) in [5, 5.41) is 5.28. The number of amides is 4. The first-order valence-electron chi connectivity index (χ1n) is 17.3. The number of hydroxylamine groups is 1. The highest BCUT2D eigenvalue weighted by molar-refractivity contribution is 5.94. The molecule has 1 aliphatic rings. The molecule has 1 saturated heterocycles. The third-order valence-electron chi connectivity index (χ3n) is 8.76. The monoisotopic (exact) mass is 664 g/mol. The normalized spacial score (nSPS) is 16.4. The molecule has 4 amide bonds. The van der Waals surface area contributed by atoms with Crippen molar-refractivity contribution in [1.82, 2.24) is 20.8 Å². The van der Waals surface area contributed by atoms with Crippen LogP contribution in [0.5, 0.6) is 0 Å². The first-order chi connectivity index (χ1) is 23.2. The van der Waals surface area contributed by atoms with Crippen LogP contribution < -0.4 is 10.8 Å². The summed E-state index contributed by atoms with van der Waals surface area (Å²) in [5.74, 6) is -2.58. The van der Waals surface area contributed by atoms with Crippen molar-refractivity contribution in [3.63, 3.8) is 0 Å². The van der Waals surface area contributed by atoms with Gasteiger partial charge in [-0.2, -0.15) is 0 Å². The van der Waals surface area contributed by atoms with Gasteiger partial charge < -0.3 is 10.1 Å². The van der Waals surface area contributed by atoms with E-state index in [1.165, 1.54) is 10.0 Å². The van der Waals surface area contributed by atoms with Crippen molar-refractivity contribution in [1.29, 1.82) is 0 Å². The van der Waals surface area contributed by atoms with Gasteiger partial charge in [-0.05, 0) is 36.3 Å². The van der Waals surface area contributed by atoms with Gasteiger partial charge in [0.05, 0.1) is 12.6 Å². The smallest absolute Gasteiger partial charge is 0.429 e. The number of hydrazine groups is 1. The molecule has 2 N–H and O–H groups in total. The van der Waals surface area contributed by atoms with E-state index in [2.05, 4.69) is 10.8 Å². The Labute approximate surface area is 284 Å². The maximum absolute atomic E-state index is 14.5. The van der Waals surface area contributed by atoms with Crippen molar-refractivity contribution in [2.75, 3.05) is 6.54 Å². The van der Waals surface area contributed by atoms with Crippen LogP contribution in [-0.2, 0) is 42.0 Å². The van der Waals surface area contributed by atoms with Crippen LogP contribution in [0, 0.1) is 11.8 Å². The molecule has 0 bridgehead atoms. The summed E-state index contributed by atoms with van der Waals surface area (Å²) < 4.78 is 5.63. The second-order valence-electron chi connectivity index (χ2n) is 12.4. The molecule has 0 aliphatic carbocycles. The van der Waals surface area contributed by atoms with Crippen molar-refractivity contribution >= 4 is 29.6 Å². The van der Waals surface area contributed by atoms with Crippen molar-refractivity contribution in [3.8, 4) is 0 Å². The van der Waals surface area contributed by atoms with Crippen LogP contribution in [-0.4, -0.2) is 58.2 Å². The lowest BCUT2D eigenvalue weighted by Crippen LogP contribution is -2.64. The Morgan fingerprint density at radius 1 is 0.896 bits per heavy atom. The van der Waals surface area contributed by atoms with E-state index in [4.69, 9.17) is 9.57 Å². The minimum atomic E-state index is -1.07. The van der Waals surface area contributed by atoms with Gasteiger partial charge in [0.1, 0.15) is 12.6 Å². The number of hydrogen-bond acceptors (Lipinski definition) is 7. The van der Waals surface area contributed by atoms with Crippen LogP contribution in [0.1, 0.15) is 96.6 Å². The number of nitrogens with one attached hydrogen (secondary N) is 2. The molecule has 48 heavy (non-hydrogen) atoms. The Balaban J connectivity index is 1.87. The van der Waals surface area contributed by atoms with Crippen LogP contribution in [0.25, 0.3) is 0 Å². The van der Waals surface area contributed by atoms with E-state index in [1.54, 1.807) is 6.92 Å². The van der Waals surface area contributed by atoms with Crippen molar-refractivity contribution in [2.24, 2.45) is 11.8 Å². The molecule has 0 spiro atoms. The summed E-state index contributed by atoms with van der Waals surface area (Å²) in [6.07, 6.45) is 3.48. The highest BCUT2D eigenvalue weighted by Crippen LogP contribution is 2.27. The van der Waals surface area contributed by atoms with E-state index in [0.29, 0.717) is 25.7 Å². The first kappa shape index (κ1) is 38.2. The molecule has 2 aromatic carbocycles. The zero-order valence-electron chi connectivity index (χ0n) is 28.8. The van der Waals surface area contributed by atoms with E-state index in [-0.39, 0.29) is 50.7 Å². The van der Waals surface area contributed by atoms with Gasteiger partial charge in [0.15, 0.2) is 5.78 Å². The lowest BCUT2D eigenvalue weighted by Gasteiger charge is -2.44. The minimum absolute atomic E-state index is 0.0166. The topological polar surface area (TPSA) is 134 Å². The van der Waals surface area contributed by atoms with Gasteiger partial charge in [0, 0.05) is 25.3 Å². The fraction of sp³-hybridized carbons (Fsp3) is 0.541. The number of nitrogens with zero attached hydrogens (tertiary/aromatic N) is 2. The quantitative estimate of drug-likeness (QED) is 0.150. The highest BCUT2D eigenvalue weighted by atomic mass is 16.6. The number of ketones is 1. The number of carbonyl (C=O) groups excluding carboxylic acids is 5. The van der Waals surface area contributed by atoms with Crippen molar-refractivity contribution < 1.29 is 33.5 Å². The van der Waals surface area contributed by atoms with Gasteiger partial charge in [-0.1, -0.05) is 114 Å². The minimum Gasteiger partial charge on any atom is -0.443 e. The van der Waals surface area contributed by atoms with Gasteiger partial charge in [-0.25, -0.2) is 20.3 Å². The van der Waals surface area contributed by atoms with E-state index in [1.807, 2.05) is 81.4 Å². The average Bonchev–Trinajstić information content (AvgIpc) is 3.12. The standard InChI is InChI=1S/C37H52N4O7/c1-5-8-11-21-30(24-33(43)39-48-26-29-19-14-10-15-20-29)36(45)41-31(35(44)38-34(27(4)6-2)32(42)7-3)22-16-23-40(41)37(46)47-25-28-17-12-9-13-18-28/h9-10,12-15,17-20,27,30-31,34H,5-8,11,16,21-26H2,1-4H3,(H,38,44)(H,39,43)/t27-,30+,31-,34-/m1/s1. The molecule has 11 nitrogen and oxygen atoms in total. The molecule has 262 valence electrons. The summed E-state index contributed by atoms with van der Waals surface area (Å²) >= 11 is 0. The fourth-order valence-electron chi connectivity index (χ4n) is 5.75. The molecule has 0 saturated carbocycles. The number of unbranched alkanes of at least 4 members (excludes halogenated alkanes) is 2. The average molecular weight is 665 g/mol. The van der Waals surface area contributed by atoms with Crippen LogP contribution in [0.2, 0.25) is 0 Å². The van der Waals surface area contributed by atoms with Gasteiger partial charge in [-0.3, -0.25) is 24.0 Å². The fourth-order valence-corrected chi connectivity index (χ4v) is 5.75. The Morgan fingerprint density at radius 3 is 2.15 bits per heavy atom. The molecule has 11 heteroatoms. The lowest BCUT2D eigenvalue weighted by molar-refractivity contribution is -0.169. The SMILES string of the molecule is CCCCC[C@@H](CC(=O)NOCc1ccccc1)C(=O)N1[C@@H](C(=O)N[C@@H](C(=O)CC)[C@H](C)CC)CCCN1C(=O)OCc1ccccc1. The molecule has 3 rings (SSSR count). The van der Waals surface area contributed by atoms with E-state index >= 15 is 0 Å². The number of benzene rings is 2. The van der Waals surface area contributed by atoms with Gasteiger partial charge in [-0.15, -0.1) is 0 Å². The number of ether oxygens (including phenoxy) is 1. The first-order valence-corrected chi connectivity index (χ1v) is 17.3. The summed E-state index contributed by atoms with van der Waals surface area (Å²) in [5.41, 5.74) is 4.09. The number of hydrogen-bond donors (Lipinski definition) is 2. The third kappa shape index (κ3) is 11.5. The zero-order valence-corrected chi connectivity index (χ0v) is 28.8. The van der Waals surface area contributed by atoms with Crippen molar-refractivity contribution in [2.45, 2.75) is 111 Å². The Morgan fingerprint density at radius 2 is 1.54 bits per heavy atom. The molecule has 1 heterocycles. The number of rotatable bonds is 18. The maximum Gasteiger partial charge on any atom is 0.429 e. The molecule has 0 aromatic heterocycles. The molecule has 1 aliphatic heterocycles. The predicted molar refractivity (Wildman–Crippen MR) is 182 cm³/mol. The molecule has 0 unspecified atom stereocenters. The molecule has 0 radical (unpaired) electrons. The Kier molecular flexibility index (Phi) is 16.1. The highest BCUT2D eigenvalue weighted by Gasteiger charge is 2.44. The van der Waals surface area contributed by atoms with Crippen LogP contribution >= 0.6 is 0 Å². The van der Waals surface area contributed by atoms with Crippen LogP contribution in [0.15, 0.2) is 60.7 Å². The number of Topliss-reactive ketones (excluding diaryl/α,β-unsaturated/α-hetero) is 1. The Bertz CT molecular complexity index is 1320. The summed E-state index contributed by atoms with van der Waals surface area (Å²) in [6, 6.07) is 16.7. The van der Waals surface area contributed by atoms with E-state index < -0.39 is 41.8 Å². The second-order valence-corrected chi connectivity index (χ2v) is 12.4. The number of carbonyl (C=O) groups is 5. The molecular formula is C37H52N4O7. The van der Waals surface area contributed by atoms with Gasteiger partial charge >= 0.3 is 6.09 Å². The zero-order chi connectivity index (χ0) is 34.9. The largest absolute Gasteiger partial charge is 0.443 e. The van der Waals surface area contributed by atoms with Crippen LogP contribution in [0.3, 0.4) is 0 Å².